The summed E-state index contributed by atoms with van der Waals surface area (Å²) in [6.45, 7) is 10.9. The van der Waals surface area contributed by atoms with Gasteiger partial charge in [0.2, 0.25) is 0 Å². The van der Waals surface area contributed by atoms with Crippen molar-refractivity contribution in [3.8, 4) is 0 Å². The average Bonchev–Trinajstić information content (AvgIpc) is 2.02. The highest BCUT2D eigenvalue weighted by Crippen LogP contribution is 2.45. The highest BCUT2D eigenvalue weighted by Gasteiger charge is 2.36. The Bertz CT molecular complexity index is 248. The Hall–Kier alpha value is -0.590. The Morgan fingerprint density at radius 2 is 1.92 bits per heavy atom. The minimum Gasteiger partial charge on any atom is -0.298 e. The zero-order valence-corrected chi connectivity index (χ0v) is 9.35. The molecule has 1 aliphatic rings. The third-order valence-electron chi connectivity index (χ3n) is 3.92. The molecular formula is C12H20O. The van der Waals surface area contributed by atoms with E-state index in [0.29, 0.717) is 11.8 Å². The largest absolute Gasteiger partial charge is 0.298 e. The summed E-state index contributed by atoms with van der Waals surface area (Å²) >= 11 is 0. The van der Waals surface area contributed by atoms with Gasteiger partial charge in [-0.05, 0) is 36.2 Å². The van der Waals surface area contributed by atoms with E-state index in [1.165, 1.54) is 12.0 Å². The fourth-order valence-corrected chi connectivity index (χ4v) is 2.29. The van der Waals surface area contributed by atoms with E-state index in [4.69, 9.17) is 0 Å². The standard InChI is InChI=1S/C12H20O/c1-8-6-9(2)12(4,5)11(7-13)10(8)3/h7-9H,6H2,1-5H3. The van der Waals surface area contributed by atoms with Crippen molar-refractivity contribution < 1.29 is 4.79 Å². The highest BCUT2D eigenvalue weighted by molar-refractivity contribution is 5.77. The van der Waals surface area contributed by atoms with E-state index in [-0.39, 0.29) is 5.41 Å². The first-order valence-corrected chi connectivity index (χ1v) is 5.07. The van der Waals surface area contributed by atoms with Crippen molar-refractivity contribution in [3.05, 3.63) is 11.1 Å². The first-order chi connectivity index (χ1) is 5.91. The van der Waals surface area contributed by atoms with Gasteiger partial charge in [0.1, 0.15) is 6.29 Å². The molecule has 0 radical (unpaired) electrons. The topological polar surface area (TPSA) is 17.1 Å². The zero-order chi connectivity index (χ0) is 10.2. The minimum absolute atomic E-state index is 0.0678. The molecule has 1 aliphatic carbocycles. The third-order valence-corrected chi connectivity index (χ3v) is 3.92. The van der Waals surface area contributed by atoms with Crippen LogP contribution < -0.4 is 0 Å². The number of carbonyl (C=O) groups is 1. The summed E-state index contributed by atoms with van der Waals surface area (Å²) in [5, 5.41) is 0. The molecule has 0 heterocycles. The van der Waals surface area contributed by atoms with Crippen LogP contribution in [0.5, 0.6) is 0 Å². The number of hydrogen-bond donors (Lipinski definition) is 0. The second-order valence-electron chi connectivity index (χ2n) is 4.97. The lowest BCUT2D eigenvalue weighted by Gasteiger charge is -2.40. The molecule has 0 bridgehead atoms. The SMILES string of the molecule is CC1=C(C=O)C(C)(C)C(C)CC1C. The van der Waals surface area contributed by atoms with Crippen molar-refractivity contribution in [3.63, 3.8) is 0 Å². The quantitative estimate of drug-likeness (QED) is 0.566. The maximum atomic E-state index is 11.0. The van der Waals surface area contributed by atoms with Crippen LogP contribution in [0.15, 0.2) is 11.1 Å². The fourth-order valence-electron chi connectivity index (χ4n) is 2.29. The molecule has 0 amide bonds. The smallest absolute Gasteiger partial charge is 0.146 e. The lowest BCUT2D eigenvalue weighted by Crippen LogP contribution is -2.32. The molecule has 2 atom stereocenters. The van der Waals surface area contributed by atoms with E-state index in [1.54, 1.807) is 0 Å². The summed E-state index contributed by atoms with van der Waals surface area (Å²) in [5.41, 5.74) is 2.38. The van der Waals surface area contributed by atoms with E-state index >= 15 is 0 Å². The van der Waals surface area contributed by atoms with Gasteiger partial charge in [0, 0.05) is 0 Å². The second kappa shape index (κ2) is 3.28. The van der Waals surface area contributed by atoms with Crippen molar-refractivity contribution in [2.75, 3.05) is 0 Å². The molecule has 0 fully saturated rings. The second-order valence-corrected chi connectivity index (χ2v) is 4.97. The van der Waals surface area contributed by atoms with E-state index in [9.17, 15) is 4.79 Å². The van der Waals surface area contributed by atoms with Crippen LogP contribution in [0.4, 0.5) is 0 Å². The molecule has 0 saturated heterocycles. The number of aldehydes is 1. The number of allylic oxidation sites excluding steroid dienone is 2. The van der Waals surface area contributed by atoms with Crippen LogP contribution in [0, 0.1) is 17.3 Å². The van der Waals surface area contributed by atoms with Crippen molar-refractivity contribution in [1.29, 1.82) is 0 Å². The van der Waals surface area contributed by atoms with Crippen molar-refractivity contribution in [2.24, 2.45) is 17.3 Å². The van der Waals surface area contributed by atoms with E-state index in [2.05, 4.69) is 34.6 Å². The van der Waals surface area contributed by atoms with Crippen molar-refractivity contribution >= 4 is 6.29 Å². The van der Waals surface area contributed by atoms with Crippen molar-refractivity contribution in [2.45, 2.75) is 41.0 Å². The van der Waals surface area contributed by atoms with E-state index < -0.39 is 0 Å². The predicted octanol–water partition coefficient (Wildman–Crippen LogP) is 3.20. The maximum Gasteiger partial charge on any atom is 0.146 e. The summed E-state index contributed by atoms with van der Waals surface area (Å²) < 4.78 is 0. The Labute approximate surface area is 81.2 Å². The third kappa shape index (κ3) is 1.56. The fraction of sp³-hybridized carbons (Fsp3) is 0.750. The first kappa shape index (κ1) is 10.5. The molecule has 0 spiro atoms. The molecule has 1 heteroatoms. The summed E-state index contributed by atoms with van der Waals surface area (Å²) in [5.74, 6) is 1.18. The van der Waals surface area contributed by atoms with Crippen LogP contribution in [-0.2, 0) is 4.79 Å². The molecule has 1 rings (SSSR count). The van der Waals surface area contributed by atoms with Gasteiger partial charge in [-0.25, -0.2) is 0 Å². The summed E-state index contributed by atoms with van der Waals surface area (Å²) in [6.07, 6.45) is 2.26. The number of rotatable bonds is 1. The Kier molecular flexibility index (Phi) is 2.65. The lowest BCUT2D eigenvalue weighted by molar-refractivity contribution is -0.106. The van der Waals surface area contributed by atoms with Gasteiger partial charge in [-0.3, -0.25) is 4.79 Å². The van der Waals surface area contributed by atoms with Gasteiger partial charge in [0.15, 0.2) is 0 Å². The van der Waals surface area contributed by atoms with Crippen LogP contribution in [0.25, 0.3) is 0 Å². The molecule has 13 heavy (non-hydrogen) atoms. The van der Waals surface area contributed by atoms with Gasteiger partial charge in [-0.15, -0.1) is 0 Å². The van der Waals surface area contributed by atoms with E-state index in [1.807, 2.05) is 0 Å². The maximum absolute atomic E-state index is 11.0. The highest BCUT2D eigenvalue weighted by atomic mass is 16.1. The summed E-state index contributed by atoms with van der Waals surface area (Å²) in [7, 11) is 0. The normalized spacial score (nSPS) is 33.3. The summed E-state index contributed by atoms with van der Waals surface area (Å²) in [6, 6.07) is 0. The zero-order valence-electron chi connectivity index (χ0n) is 9.35. The molecule has 1 nitrogen and oxygen atoms in total. The average molecular weight is 180 g/mol. The molecular weight excluding hydrogens is 160 g/mol. The van der Waals surface area contributed by atoms with Gasteiger partial charge in [-0.1, -0.05) is 33.3 Å². The Morgan fingerprint density at radius 1 is 1.38 bits per heavy atom. The monoisotopic (exact) mass is 180 g/mol. The molecule has 0 aromatic rings. The van der Waals surface area contributed by atoms with Crippen LogP contribution in [0.3, 0.4) is 0 Å². The molecule has 2 unspecified atom stereocenters. The van der Waals surface area contributed by atoms with Crippen LogP contribution in [0.2, 0.25) is 0 Å². The first-order valence-electron chi connectivity index (χ1n) is 5.07. The van der Waals surface area contributed by atoms with Gasteiger partial charge < -0.3 is 0 Å². The lowest BCUT2D eigenvalue weighted by atomic mass is 9.64. The molecule has 0 aromatic heterocycles. The minimum atomic E-state index is 0.0678. The van der Waals surface area contributed by atoms with Crippen LogP contribution >= 0.6 is 0 Å². The molecule has 74 valence electrons. The molecule has 0 saturated carbocycles. The van der Waals surface area contributed by atoms with Crippen LogP contribution in [0.1, 0.15) is 41.0 Å². The number of hydrogen-bond acceptors (Lipinski definition) is 1. The molecule has 0 aliphatic heterocycles. The Morgan fingerprint density at radius 3 is 2.38 bits per heavy atom. The van der Waals surface area contributed by atoms with Gasteiger partial charge >= 0.3 is 0 Å². The molecule has 0 N–H and O–H groups in total. The predicted molar refractivity (Wildman–Crippen MR) is 55.5 cm³/mol. The van der Waals surface area contributed by atoms with Gasteiger partial charge in [-0.2, -0.15) is 0 Å². The van der Waals surface area contributed by atoms with Gasteiger partial charge in [0.05, 0.1) is 0 Å². The summed E-state index contributed by atoms with van der Waals surface area (Å²) in [4.78, 5) is 11.0. The Balaban J connectivity index is 3.18. The molecule has 0 aromatic carbocycles. The van der Waals surface area contributed by atoms with Gasteiger partial charge in [0.25, 0.3) is 0 Å². The number of carbonyl (C=O) groups excluding carboxylic acids is 1. The van der Waals surface area contributed by atoms with Crippen LogP contribution in [-0.4, -0.2) is 6.29 Å². The van der Waals surface area contributed by atoms with Crippen molar-refractivity contribution in [1.82, 2.24) is 0 Å². The van der Waals surface area contributed by atoms with E-state index in [0.717, 1.165) is 11.9 Å².